The minimum absolute atomic E-state index is 0.0154. The van der Waals surface area contributed by atoms with Crippen molar-refractivity contribution >= 4 is 80.8 Å². The van der Waals surface area contributed by atoms with Crippen LogP contribution in [-0.4, -0.2) is 115 Å². The van der Waals surface area contributed by atoms with Gasteiger partial charge in [0.15, 0.2) is 5.82 Å². The first kappa shape index (κ1) is 48.1. The molecule has 2 fully saturated rings. The standard InChI is InChI=1S/C43H56ClN11O8S/c1-43(46)13-17-54(18-14-43)34-27-49-41(39(45)52-34)64-33-6-2-5-31(38(33)44)51-36(57)12-11-35(56)48-16-4-20-62-22-24-63-23-21-61-19-3-15-47-29-8-7-28-26-50-55(42(60)30(28)25-29)32-9-10-37(58)53-40(32)59/h2,5-8,25-27,32,47H,3-4,9-24,46H2,1H3,(H2,45,52)(H,48,56)(H,51,57)(H,53,58,59). The molecule has 344 valence electrons. The van der Waals surface area contributed by atoms with Crippen LogP contribution in [0.3, 0.4) is 0 Å². The zero-order valence-electron chi connectivity index (χ0n) is 35.9. The quantitative estimate of drug-likeness (QED) is 0.0458. The first-order valence-corrected chi connectivity index (χ1v) is 22.6. The highest BCUT2D eigenvalue weighted by molar-refractivity contribution is 7.99. The molecule has 0 bridgehead atoms. The molecule has 2 aliphatic heterocycles. The van der Waals surface area contributed by atoms with E-state index in [9.17, 15) is 24.0 Å². The average molecular weight is 923 g/mol. The summed E-state index contributed by atoms with van der Waals surface area (Å²) in [5, 5.41) is 17.2. The molecule has 21 heteroatoms. The fourth-order valence-corrected chi connectivity index (χ4v) is 8.03. The lowest BCUT2D eigenvalue weighted by molar-refractivity contribution is -0.136. The number of fused-ring (bicyclic) bond motifs is 1. The van der Waals surface area contributed by atoms with E-state index in [1.807, 2.05) is 6.07 Å². The normalized spacial score (nSPS) is 16.1. The summed E-state index contributed by atoms with van der Waals surface area (Å²) in [6.45, 7) is 7.27. The van der Waals surface area contributed by atoms with E-state index < -0.39 is 11.9 Å². The van der Waals surface area contributed by atoms with Gasteiger partial charge in [0.05, 0.1) is 54.9 Å². The molecule has 2 aliphatic rings. The number of hydrogen-bond donors (Lipinski definition) is 6. The van der Waals surface area contributed by atoms with Gasteiger partial charge in [0, 0.05) is 80.2 Å². The van der Waals surface area contributed by atoms with Crippen molar-refractivity contribution in [3.05, 3.63) is 64.2 Å². The number of ether oxygens (including phenoxy) is 3. The average Bonchev–Trinajstić information content (AvgIpc) is 3.27. The molecule has 4 amide bonds. The Morgan fingerprint density at radius 2 is 1.66 bits per heavy atom. The van der Waals surface area contributed by atoms with Crippen LogP contribution in [0, 0.1) is 0 Å². The smallest absolute Gasteiger partial charge is 0.275 e. The van der Waals surface area contributed by atoms with E-state index in [2.05, 4.69) is 48.2 Å². The van der Waals surface area contributed by atoms with Gasteiger partial charge in [0.1, 0.15) is 16.9 Å². The summed E-state index contributed by atoms with van der Waals surface area (Å²) in [6.07, 6.45) is 6.67. The number of nitrogens with one attached hydrogen (secondary N) is 4. The van der Waals surface area contributed by atoms with Crippen LogP contribution < -0.4 is 43.2 Å². The van der Waals surface area contributed by atoms with Crippen LogP contribution in [0.4, 0.5) is 23.0 Å². The number of nitrogens with two attached hydrogens (primary N) is 2. The molecule has 2 saturated heterocycles. The molecule has 64 heavy (non-hydrogen) atoms. The van der Waals surface area contributed by atoms with Crippen molar-refractivity contribution in [1.82, 2.24) is 30.4 Å². The number of carbonyl (C=O) groups excluding carboxylic acids is 4. The maximum atomic E-state index is 13.1. The van der Waals surface area contributed by atoms with E-state index in [1.54, 1.807) is 42.7 Å². The molecule has 4 aromatic rings. The summed E-state index contributed by atoms with van der Waals surface area (Å²) in [5.41, 5.74) is 13.1. The van der Waals surface area contributed by atoms with Gasteiger partial charge in [-0.05, 0) is 63.3 Å². The lowest BCUT2D eigenvalue weighted by Gasteiger charge is -2.37. The van der Waals surface area contributed by atoms with Crippen molar-refractivity contribution in [2.45, 2.75) is 79.8 Å². The molecule has 1 atom stereocenters. The van der Waals surface area contributed by atoms with Crippen LogP contribution in [0.2, 0.25) is 5.02 Å². The van der Waals surface area contributed by atoms with Gasteiger partial charge in [-0.1, -0.05) is 35.5 Å². The Morgan fingerprint density at radius 1 is 0.953 bits per heavy atom. The van der Waals surface area contributed by atoms with Gasteiger partial charge < -0.3 is 46.5 Å². The lowest BCUT2D eigenvalue weighted by atomic mass is 9.91. The zero-order chi connectivity index (χ0) is 45.5. The lowest BCUT2D eigenvalue weighted by Crippen LogP contribution is -2.48. The summed E-state index contributed by atoms with van der Waals surface area (Å²) in [4.78, 5) is 73.8. The zero-order valence-corrected chi connectivity index (χ0v) is 37.4. The van der Waals surface area contributed by atoms with Gasteiger partial charge in [-0.25, -0.2) is 14.6 Å². The second kappa shape index (κ2) is 23.5. The van der Waals surface area contributed by atoms with Gasteiger partial charge in [0.25, 0.3) is 11.5 Å². The fourth-order valence-electron chi connectivity index (χ4n) is 6.93. The Morgan fingerprint density at radius 3 is 2.38 bits per heavy atom. The Hall–Kier alpha value is -5.38. The molecule has 19 nitrogen and oxygen atoms in total. The van der Waals surface area contributed by atoms with Gasteiger partial charge in [-0.15, -0.1) is 0 Å². The second-order valence-electron chi connectivity index (χ2n) is 15.8. The number of anilines is 4. The first-order chi connectivity index (χ1) is 30.9. The molecule has 0 aliphatic carbocycles. The number of rotatable bonds is 23. The van der Waals surface area contributed by atoms with Crippen molar-refractivity contribution in [2.24, 2.45) is 5.73 Å². The Kier molecular flexibility index (Phi) is 17.7. The van der Waals surface area contributed by atoms with Crippen LogP contribution in [0.5, 0.6) is 0 Å². The van der Waals surface area contributed by atoms with Crippen LogP contribution in [0.1, 0.15) is 64.3 Å². The summed E-state index contributed by atoms with van der Waals surface area (Å²) >= 11 is 7.91. The third kappa shape index (κ3) is 14.1. The molecular formula is C43H56ClN11O8S. The Labute approximate surface area is 380 Å². The van der Waals surface area contributed by atoms with Crippen molar-refractivity contribution in [2.75, 3.05) is 87.1 Å². The van der Waals surface area contributed by atoms with E-state index in [0.717, 1.165) is 42.7 Å². The highest BCUT2D eigenvalue weighted by Gasteiger charge is 2.30. The number of nitrogens with zero attached hydrogens (tertiary/aromatic N) is 5. The van der Waals surface area contributed by atoms with Crippen molar-refractivity contribution < 1.29 is 33.4 Å². The molecule has 0 radical (unpaired) electrons. The summed E-state index contributed by atoms with van der Waals surface area (Å²) < 4.78 is 17.9. The number of carbonyl (C=O) groups is 4. The Bertz CT molecular complexity index is 2320. The second-order valence-corrected chi connectivity index (χ2v) is 17.2. The SMILES string of the molecule is CC1(N)CCN(c2cnc(Sc3cccc(NC(=O)CCC(=O)NCCCOCCOCCOCCCNc4ccc5cnn(C6CCC(=O)NC6=O)c(=O)c5c4)c3Cl)c(N)n2)CC1. The van der Waals surface area contributed by atoms with E-state index in [4.69, 9.17) is 37.3 Å². The molecule has 0 spiro atoms. The van der Waals surface area contributed by atoms with E-state index in [-0.39, 0.29) is 60.3 Å². The minimum atomic E-state index is -0.819. The molecular weight excluding hydrogens is 866 g/mol. The van der Waals surface area contributed by atoms with Crippen LogP contribution >= 0.6 is 23.4 Å². The van der Waals surface area contributed by atoms with Crippen molar-refractivity contribution in [1.29, 1.82) is 0 Å². The molecule has 2 aromatic carbocycles. The maximum absolute atomic E-state index is 13.1. The highest BCUT2D eigenvalue weighted by atomic mass is 35.5. The van der Waals surface area contributed by atoms with Gasteiger partial charge in [-0.2, -0.15) is 5.10 Å². The molecule has 2 aromatic heterocycles. The maximum Gasteiger partial charge on any atom is 0.275 e. The predicted molar refractivity (Wildman–Crippen MR) is 245 cm³/mol. The number of imide groups is 1. The van der Waals surface area contributed by atoms with Gasteiger partial charge in [0.2, 0.25) is 17.7 Å². The number of amides is 4. The monoisotopic (exact) mass is 921 g/mol. The third-order valence-electron chi connectivity index (χ3n) is 10.6. The van der Waals surface area contributed by atoms with E-state index >= 15 is 0 Å². The molecule has 6 rings (SSSR count). The summed E-state index contributed by atoms with van der Waals surface area (Å²) in [5.74, 6) is -0.474. The number of halogens is 1. The van der Waals surface area contributed by atoms with Crippen LogP contribution in [0.15, 0.2) is 63.5 Å². The molecule has 0 saturated carbocycles. The van der Waals surface area contributed by atoms with Gasteiger partial charge in [-0.3, -0.25) is 29.3 Å². The number of nitrogen functional groups attached to an aromatic ring is 1. The molecule has 1 unspecified atom stereocenters. The molecule has 8 N–H and O–H groups in total. The Balaban J connectivity index is 0.760. The number of aromatic nitrogens is 4. The van der Waals surface area contributed by atoms with Gasteiger partial charge >= 0.3 is 0 Å². The summed E-state index contributed by atoms with van der Waals surface area (Å²) in [6, 6.07) is 9.83. The van der Waals surface area contributed by atoms with E-state index in [1.165, 1.54) is 11.8 Å². The number of piperidine rings is 2. The van der Waals surface area contributed by atoms with E-state index in [0.29, 0.717) is 96.4 Å². The largest absolute Gasteiger partial charge is 0.385 e. The van der Waals surface area contributed by atoms with Crippen molar-refractivity contribution in [3.63, 3.8) is 0 Å². The first-order valence-electron chi connectivity index (χ1n) is 21.4. The predicted octanol–water partition coefficient (Wildman–Crippen LogP) is 3.65. The number of hydrogen-bond acceptors (Lipinski definition) is 16. The third-order valence-corrected chi connectivity index (χ3v) is 12.2. The highest BCUT2D eigenvalue weighted by Crippen LogP contribution is 2.39. The minimum Gasteiger partial charge on any atom is -0.385 e. The topological polar surface area (TPSA) is 260 Å². The van der Waals surface area contributed by atoms with Crippen molar-refractivity contribution in [3.8, 4) is 0 Å². The van der Waals surface area contributed by atoms with Crippen LogP contribution in [0.25, 0.3) is 10.8 Å². The summed E-state index contributed by atoms with van der Waals surface area (Å²) in [7, 11) is 0. The number of benzene rings is 2. The molecule has 4 heterocycles. The fraction of sp³-hybridized carbons (Fsp3) is 0.488. The van der Waals surface area contributed by atoms with Crippen LogP contribution in [-0.2, 0) is 33.4 Å².